The van der Waals surface area contributed by atoms with E-state index in [1.165, 1.54) is 12.8 Å². The third-order valence-electron chi connectivity index (χ3n) is 3.16. The van der Waals surface area contributed by atoms with Crippen LogP contribution in [0.1, 0.15) is 26.2 Å². The molecule has 1 saturated carbocycles. The molecule has 2 N–H and O–H groups in total. The van der Waals surface area contributed by atoms with Crippen molar-refractivity contribution in [3.8, 4) is 0 Å². The van der Waals surface area contributed by atoms with Crippen molar-refractivity contribution in [1.29, 1.82) is 0 Å². The molecule has 118 valence electrons. The summed E-state index contributed by atoms with van der Waals surface area (Å²) >= 11 is 0. The Bertz CT molecular complexity index is 435. The summed E-state index contributed by atoms with van der Waals surface area (Å²) in [6.45, 7) is 5.30. The Labute approximate surface area is 126 Å². The Hall–Kier alpha value is -1.63. The molecule has 0 aliphatic heterocycles. The van der Waals surface area contributed by atoms with Gasteiger partial charge in [0, 0.05) is 40.4 Å². The molecule has 0 atom stereocenters. The second-order valence-corrected chi connectivity index (χ2v) is 5.51. The maximum absolute atomic E-state index is 5.61. The molecule has 1 aliphatic rings. The van der Waals surface area contributed by atoms with Crippen LogP contribution in [0.3, 0.4) is 0 Å². The van der Waals surface area contributed by atoms with Crippen LogP contribution in [0.5, 0.6) is 0 Å². The van der Waals surface area contributed by atoms with E-state index in [9.17, 15) is 0 Å². The van der Waals surface area contributed by atoms with Crippen molar-refractivity contribution in [2.45, 2.75) is 26.2 Å². The number of rotatable bonds is 10. The van der Waals surface area contributed by atoms with Gasteiger partial charge in [-0.3, -0.25) is 0 Å². The molecule has 0 aromatic carbocycles. The van der Waals surface area contributed by atoms with Crippen molar-refractivity contribution in [3.05, 3.63) is 0 Å². The number of ether oxygens (including phenoxy) is 1. The molecule has 1 aromatic heterocycles. The summed E-state index contributed by atoms with van der Waals surface area (Å²) in [5, 5.41) is 6.35. The first kappa shape index (κ1) is 15.8. The molecule has 0 bridgehead atoms. The second kappa shape index (κ2) is 7.97. The van der Waals surface area contributed by atoms with Crippen molar-refractivity contribution in [1.82, 2.24) is 15.0 Å². The van der Waals surface area contributed by atoms with Crippen LogP contribution in [0.25, 0.3) is 0 Å². The molecule has 1 fully saturated rings. The predicted molar refractivity (Wildman–Crippen MR) is 85.0 cm³/mol. The van der Waals surface area contributed by atoms with Crippen LogP contribution in [0.15, 0.2) is 0 Å². The average Bonchev–Trinajstić information content (AvgIpc) is 3.27. The van der Waals surface area contributed by atoms with Crippen LogP contribution in [0.2, 0.25) is 0 Å². The average molecular weight is 294 g/mol. The van der Waals surface area contributed by atoms with Gasteiger partial charge in [-0.05, 0) is 32.1 Å². The van der Waals surface area contributed by atoms with E-state index in [-0.39, 0.29) is 0 Å². The lowest BCUT2D eigenvalue weighted by Gasteiger charge is -2.13. The van der Waals surface area contributed by atoms with Gasteiger partial charge < -0.3 is 20.3 Å². The van der Waals surface area contributed by atoms with E-state index in [0.717, 1.165) is 38.6 Å². The zero-order valence-corrected chi connectivity index (χ0v) is 13.2. The van der Waals surface area contributed by atoms with Crippen molar-refractivity contribution >= 4 is 17.8 Å². The molecule has 0 spiro atoms. The van der Waals surface area contributed by atoms with E-state index >= 15 is 0 Å². The SMILES string of the molecule is CCNc1nc(NCCCOCC2CC2)nc(N(C)C)n1. The number of aromatic nitrogens is 3. The van der Waals surface area contributed by atoms with Crippen molar-refractivity contribution < 1.29 is 4.74 Å². The Balaban J connectivity index is 1.76. The minimum Gasteiger partial charge on any atom is -0.381 e. The van der Waals surface area contributed by atoms with Gasteiger partial charge in [0.25, 0.3) is 0 Å². The largest absolute Gasteiger partial charge is 0.381 e. The summed E-state index contributed by atoms with van der Waals surface area (Å²) in [5.74, 6) is 2.68. The molecule has 0 amide bonds. The molecule has 7 nitrogen and oxygen atoms in total. The summed E-state index contributed by atoms with van der Waals surface area (Å²) < 4.78 is 5.61. The van der Waals surface area contributed by atoms with Crippen LogP contribution >= 0.6 is 0 Å². The Morgan fingerprint density at radius 1 is 1.14 bits per heavy atom. The molecular weight excluding hydrogens is 268 g/mol. The molecule has 2 rings (SSSR count). The van der Waals surface area contributed by atoms with Crippen molar-refractivity contribution in [2.24, 2.45) is 5.92 Å². The Kier molecular flexibility index (Phi) is 5.98. The second-order valence-electron chi connectivity index (χ2n) is 5.51. The number of nitrogens with one attached hydrogen (secondary N) is 2. The fraction of sp³-hybridized carbons (Fsp3) is 0.786. The van der Waals surface area contributed by atoms with Crippen LogP contribution in [-0.2, 0) is 4.74 Å². The highest BCUT2D eigenvalue weighted by Gasteiger charge is 2.20. The molecule has 1 aromatic rings. The Morgan fingerprint density at radius 3 is 2.48 bits per heavy atom. The molecule has 1 heterocycles. The number of nitrogens with zero attached hydrogens (tertiary/aromatic N) is 4. The normalized spacial score (nSPS) is 14.0. The molecule has 21 heavy (non-hydrogen) atoms. The fourth-order valence-electron chi connectivity index (χ4n) is 1.79. The number of anilines is 3. The lowest BCUT2D eigenvalue weighted by Crippen LogP contribution is -2.17. The maximum atomic E-state index is 5.61. The van der Waals surface area contributed by atoms with Crippen LogP contribution in [-0.4, -0.2) is 55.4 Å². The zero-order chi connectivity index (χ0) is 15.1. The first-order valence-corrected chi connectivity index (χ1v) is 7.68. The summed E-state index contributed by atoms with van der Waals surface area (Å²) in [7, 11) is 3.83. The minimum absolute atomic E-state index is 0.601. The molecule has 1 aliphatic carbocycles. The van der Waals surface area contributed by atoms with Gasteiger partial charge in [0.05, 0.1) is 0 Å². The Morgan fingerprint density at radius 2 is 1.86 bits per heavy atom. The number of hydrogen-bond donors (Lipinski definition) is 2. The lowest BCUT2D eigenvalue weighted by molar-refractivity contribution is 0.124. The van der Waals surface area contributed by atoms with Crippen LogP contribution in [0.4, 0.5) is 17.8 Å². The zero-order valence-electron chi connectivity index (χ0n) is 13.2. The summed E-state index contributed by atoms with van der Waals surface area (Å²) in [6, 6.07) is 0. The smallest absolute Gasteiger partial charge is 0.231 e. The van der Waals surface area contributed by atoms with E-state index in [1.807, 2.05) is 25.9 Å². The van der Waals surface area contributed by atoms with E-state index in [4.69, 9.17) is 4.74 Å². The highest BCUT2D eigenvalue weighted by molar-refractivity contribution is 5.42. The topological polar surface area (TPSA) is 75.2 Å². The molecule has 0 saturated heterocycles. The summed E-state index contributed by atoms with van der Waals surface area (Å²) in [5.41, 5.74) is 0. The third kappa shape index (κ3) is 5.71. The van der Waals surface area contributed by atoms with Gasteiger partial charge in [0.15, 0.2) is 0 Å². The van der Waals surface area contributed by atoms with E-state index < -0.39 is 0 Å². The maximum Gasteiger partial charge on any atom is 0.231 e. The molecule has 0 radical (unpaired) electrons. The standard InChI is InChI=1S/C14H26N6O/c1-4-15-12-17-13(19-14(18-12)20(2)3)16-8-5-9-21-10-11-6-7-11/h11H,4-10H2,1-3H3,(H2,15,16,17,18,19). The fourth-order valence-corrected chi connectivity index (χ4v) is 1.79. The van der Waals surface area contributed by atoms with Gasteiger partial charge >= 0.3 is 0 Å². The van der Waals surface area contributed by atoms with Crippen molar-refractivity contribution in [2.75, 3.05) is 55.9 Å². The van der Waals surface area contributed by atoms with Gasteiger partial charge in [-0.2, -0.15) is 15.0 Å². The van der Waals surface area contributed by atoms with Crippen LogP contribution < -0.4 is 15.5 Å². The molecule has 7 heteroatoms. The summed E-state index contributed by atoms with van der Waals surface area (Å²) in [6.07, 6.45) is 3.62. The highest BCUT2D eigenvalue weighted by atomic mass is 16.5. The quantitative estimate of drug-likeness (QED) is 0.635. The van der Waals surface area contributed by atoms with Gasteiger partial charge in [-0.25, -0.2) is 0 Å². The molecular formula is C14H26N6O. The predicted octanol–water partition coefficient (Wildman–Crippen LogP) is 1.60. The van der Waals surface area contributed by atoms with Gasteiger partial charge in [0.2, 0.25) is 17.8 Å². The van der Waals surface area contributed by atoms with E-state index in [1.54, 1.807) is 0 Å². The lowest BCUT2D eigenvalue weighted by atomic mass is 10.4. The monoisotopic (exact) mass is 294 g/mol. The number of hydrogen-bond acceptors (Lipinski definition) is 7. The first-order chi connectivity index (χ1) is 10.2. The van der Waals surface area contributed by atoms with Gasteiger partial charge in [-0.15, -0.1) is 0 Å². The van der Waals surface area contributed by atoms with Crippen molar-refractivity contribution in [3.63, 3.8) is 0 Å². The van der Waals surface area contributed by atoms with E-state index in [0.29, 0.717) is 17.8 Å². The third-order valence-corrected chi connectivity index (χ3v) is 3.16. The van der Waals surface area contributed by atoms with E-state index in [2.05, 4.69) is 25.6 Å². The molecule has 0 unspecified atom stereocenters. The first-order valence-electron chi connectivity index (χ1n) is 7.68. The minimum atomic E-state index is 0.601. The highest BCUT2D eigenvalue weighted by Crippen LogP contribution is 2.28. The van der Waals surface area contributed by atoms with Crippen LogP contribution in [0, 0.1) is 5.92 Å². The summed E-state index contributed by atoms with van der Waals surface area (Å²) in [4.78, 5) is 14.9. The van der Waals surface area contributed by atoms with Gasteiger partial charge in [0.1, 0.15) is 0 Å². The van der Waals surface area contributed by atoms with Gasteiger partial charge in [-0.1, -0.05) is 0 Å².